The highest BCUT2D eigenvalue weighted by Gasteiger charge is 2.20. The summed E-state index contributed by atoms with van der Waals surface area (Å²) in [6, 6.07) is 7.21. The molecule has 1 aromatic carbocycles. The number of amides is 1. The van der Waals surface area contributed by atoms with E-state index in [9.17, 15) is 14.4 Å². The van der Waals surface area contributed by atoms with Crippen LogP contribution in [0.15, 0.2) is 34.2 Å². The monoisotopic (exact) mass is 419 g/mol. The third-order valence-electron chi connectivity index (χ3n) is 4.68. The number of carbonyl (C=O) groups excluding carboxylic acids is 2. The number of hydrogen-bond acceptors (Lipinski definition) is 7. The predicted molar refractivity (Wildman–Crippen MR) is 110 cm³/mol. The first-order valence-electron chi connectivity index (χ1n) is 9.66. The molecule has 1 atom stereocenters. The van der Waals surface area contributed by atoms with E-state index in [2.05, 4.69) is 15.0 Å². The Labute approximate surface area is 173 Å². The fourth-order valence-corrected chi connectivity index (χ4v) is 3.99. The predicted octanol–water partition coefficient (Wildman–Crippen LogP) is 1.74. The highest BCUT2D eigenvalue weighted by molar-refractivity contribution is 7.99. The molecule has 0 bridgehead atoms. The third kappa shape index (κ3) is 5.80. The van der Waals surface area contributed by atoms with E-state index in [4.69, 9.17) is 4.74 Å². The van der Waals surface area contributed by atoms with Crippen LogP contribution in [0.5, 0.6) is 0 Å². The van der Waals surface area contributed by atoms with Crippen molar-refractivity contribution in [1.82, 2.24) is 14.9 Å². The van der Waals surface area contributed by atoms with Crippen LogP contribution >= 0.6 is 11.8 Å². The molecule has 1 N–H and O–H groups in total. The summed E-state index contributed by atoms with van der Waals surface area (Å²) in [6.07, 6.45) is 2.65. The van der Waals surface area contributed by atoms with E-state index >= 15 is 0 Å². The number of nitrogens with one attached hydrogen (secondary N) is 1. The van der Waals surface area contributed by atoms with Gasteiger partial charge in [0.1, 0.15) is 0 Å². The largest absolute Gasteiger partial charge is 0.469 e. The van der Waals surface area contributed by atoms with Crippen molar-refractivity contribution in [3.63, 3.8) is 0 Å². The number of ether oxygens (including phenoxy) is 2. The molecule has 0 spiro atoms. The fourth-order valence-electron chi connectivity index (χ4n) is 3.15. The zero-order valence-corrected chi connectivity index (χ0v) is 17.2. The number of methoxy groups -OCH3 is 1. The van der Waals surface area contributed by atoms with Crippen molar-refractivity contribution in [2.75, 3.05) is 26.0 Å². The van der Waals surface area contributed by atoms with Crippen LogP contribution in [0.25, 0.3) is 10.9 Å². The Kier molecular flexibility index (Phi) is 7.65. The highest BCUT2D eigenvalue weighted by atomic mass is 32.2. The molecule has 1 aliphatic rings. The van der Waals surface area contributed by atoms with Gasteiger partial charge in [-0.05, 0) is 31.4 Å². The van der Waals surface area contributed by atoms with Gasteiger partial charge in [-0.2, -0.15) is 0 Å². The number of para-hydroxylation sites is 1. The number of nitrogens with zero attached hydrogens (tertiary/aromatic N) is 2. The van der Waals surface area contributed by atoms with Crippen LogP contribution in [0.1, 0.15) is 25.7 Å². The van der Waals surface area contributed by atoms with Gasteiger partial charge in [0.05, 0.1) is 36.4 Å². The van der Waals surface area contributed by atoms with Gasteiger partial charge in [-0.15, -0.1) is 0 Å². The lowest BCUT2D eigenvalue weighted by Crippen LogP contribution is -2.30. The molecule has 2 heterocycles. The molecule has 29 heavy (non-hydrogen) atoms. The number of fused-ring (bicyclic) bond motifs is 1. The summed E-state index contributed by atoms with van der Waals surface area (Å²) in [6.45, 7) is 1.53. The van der Waals surface area contributed by atoms with Gasteiger partial charge < -0.3 is 14.8 Å². The minimum Gasteiger partial charge on any atom is -0.469 e. The van der Waals surface area contributed by atoms with E-state index in [1.165, 1.54) is 18.9 Å². The van der Waals surface area contributed by atoms with Gasteiger partial charge in [0, 0.05) is 19.6 Å². The van der Waals surface area contributed by atoms with Crippen LogP contribution in [0.4, 0.5) is 0 Å². The average Bonchev–Trinajstić information content (AvgIpc) is 3.25. The first-order chi connectivity index (χ1) is 14.1. The Balaban J connectivity index is 1.67. The Morgan fingerprint density at radius 3 is 2.97 bits per heavy atom. The SMILES string of the molecule is COC(=O)CCCNC(=O)CSc1nc2ccccc2c(=O)n1C[C@@H]1CCCO1. The molecule has 1 aliphatic heterocycles. The summed E-state index contributed by atoms with van der Waals surface area (Å²) in [4.78, 5) is 40.8. The summed E-state index contributed by atoms with van der Waals surface area (Å²) >= 11 is 1.23. The van der Waals surface area contributed by atoms with Crippen molar-refractivity contribution < 1.29 is 19.1 Å². The normalized spacial score (nSPS) is 16.1. The lowest BCUT2D eigenvalue weighted by Gasteiger charge is -2.16. The van der Waals surface area contributed by atoms with Crippen LogP contribution in [0, 0.1) is 0 Å². The van der Waals surface area contributed by atoms with E-state index in [-0.39, 0.29) is 35.7 Å². The maximum absolute atomic E-state index is 13.0. The Bertz CT molecular complexity index is 924. The van der Waals surface area contributed by atoms with E-state index in [0.29, 0.717) is 42.2 Å². The number of esters is 1. The topological polar surface area (TPSA) is 99.5 Å². The first kappa shape index (κ1) is 21.3. The maximum atomic E-state index is 13.0. The number of aromatic nitrogens is 2. The zero-order chi connectivity index (χ0) is 20.6. The number of benzene rings is 1. The second kappa shape index (κ2) is 10.4. The van der Waals surface area contributed by atoms with Crippen molar-refractivity contribution in [3.8, 4) is 0 Å². The molecule has 9 heteroatoms. The second-order valence-electron chi connectivity index (χ2n) is 6.78. The molecular formula is C20H25N3O5S. The number of hydrogen-bond donors (Lipinski definition) is 1. The number of rotatable bonds is 9. The zero-order valence-electron chi connectivity index (χ0n) is 16.4. The summed E-state index contributed by atoms with van der Waals surface area (Å²) in [5.41, 5.74) is 0.495. The minimum atomic E-state index is -0.299. The summed E-state index contributed by atoms with van der Waals surface area (Å²) < 4.78 is 11.9. The van der Waals surface area contributed by atoms with Gasteiger partial charge in [-0.25, -0.2) is 4.98 Å². The molecule has 1 aromatic heterocycles. The van der Waals surface area contributed by atoms with Crippen molar-refractivity contribution >= 4 is 34.5 Å². The Morgan fingerprint density at radius 2 is 2.21 bits per heavy atom. The minimum absolute atomic E-state index is 0.0119. The van der Waals surface area contributed by atoms with Crippen molar-refractivity contribution in [2.24, 2.45) is 0 Å². The lowest BCUT2D eigenvalue weighted by atomic mass is 10.2. The van der Waals surface area contributed by atoms with Gasteiger partial charge in [0.2, 0.25) is 5.91 Å². The summed E-state index contributed by atoms with van der Waals surface area (Å²) in [5, 5.41) is 3.84. The Hall–Kier alpha value is -2.39. The molecular weight excluding hydrogens is 394 g/mol. The highest BCUT2D eigenvalue weighted by Crippen LogP contribution is 2.20. The quantitative estimate of drug-likeness (QED) is 0.286. The Morgan fingerprint density at radius 1 is 1.38 bits per heavy atom. The number of carbonyl (C=O) groups is 2. The van der Waals surface area contributed by atoms with Crippen LogP contribution < -0.4 is 10.9 Å². The van der Waals surface area contributed by atoms with Crippen molar-refractivity contribution in [1.29, 1.82) is 0 Å². The molecule has 1 fully saturated rings. The molecule has 0 radical (unpaired) electrons. The van der Waals surface area contributed by atoms with Gasteiger partial charge in [-0.1, -0.05) is 23.9 Å². The molecule has 156 valence electrons. The van der Waals surface area contributed by atoms with Crippen LogP contribution in [-0.2, 0) is 25.6 Å². The first-order valence-corrected chi connectivity index (χ1v) is 10.6. The van der Waals surface area contributed by atoms with Crippen molar-refractivity contribution in [3.05, 3.63) is 34.6 Å². The molecule has 0 aliphatic carbocycles. The summed E-state index contributed by atoms with van der Waals surface area (Å²) in [7, 11) is 1.34. The summed E-state index contributed by atoms with van der Waals surface area (Å²) in [5.74, 6) is -0.341. The standard InChI is InChI=1S/C20H25N3O5S/c1-27-18(25)9-4-10-21-17(24)13-29-20-22-16-8-3-2-7-15(16)19(26)23(20)12-14-6-5-11-28-14/h2-3,7-8,14H,4-6,9-13H2,1H3,(H,21,24)/t14-/m0/s1. The molecule has 3 rings (SSSR count). The molecule has 8 nitrogen and oxygen atoms in total. The average molecular weight is 420 g/mol. The van der Waals surface area contributed by atoms with Gasteiger partial charge in [-0.3, -0.25) is 19.0 Å². The van der Waals surface area contributed by atoms with Gasteiger partial charge in [0.15, 0.2) is 5.16 Å². The van der Waals surface area contributed by atoms with E-state index in [1.54, 1.807) is 16.7 Å². The molecule has 1 amide bonds. The van der Waals surface area contributed by atoms with E-state index in [1.807, 2.05) is 12.1 Å². The fraction of sp³-hybridized carbons (Fsp3) is 0.500. The van der Waals surface area contributed by atoms with Crippen LogP contribution in [-0.4, -0.2) is 53.5 Å². The molecule has 1 saturated heterocycles. The second-order valence-corrected chi connectivity index (χ2v) is 7.72. The third-order valence-corrected chi connectivity index (χ3v) is 5.65. The molecule has 0 unspecified atom stereocenters. The molecule has 0 saturated carbocycles. The van der Waals surface area contributed by atoms with E-state index in [0.717, 1.165) is 12.8 Å². The van der Waals surface area contributed by atoms with Gasteiger partial charge >= 0.3 is 5.97 Å². The van der Waals surface area contributed by atoms with E-state index < -0.39 is 0 Å². The van der Waals surface area contributed by atoms with Crippen LogP contribution in [0.3, 0.4) is 0 Å². The maximum Gasteiger partial charge on any atom is 0.305 e. The van der Waals surface area contributed by atoms with Crippen LogP contribution in [0.2, 0.25) is 0 Å². The molecule has 2 aromatic rings. The van der Waals surface area contributed by atoms with Crippen molar-refractivity contribution in [2.45, 2.75) is 43.5 Å². The smallest absolute Gasteiger partial charge is 0.305 e. The number of thioether (sulfide) groups is 1. The lowest BCUT2D eigenvalue weighted by molar-refractivity contribution is -0.140. The van der Waals surface area contributed by atoms with Gasteiger partial charge in [0.25, 0.3) is 5.56 Å².